The van der Waals surface area contributed by atoms with Crippen molar-refractivity contribution in [2.24, 2.45) is 0 Å². The van der Waals surface area contributed by atoms with Crippen molar-refractivity contribution in [3.05, 3.63) is 68.1 Å². The van der Waals surface area contributed by atoms with E-state index in [2.05, 4.69) is 10.3 Å². The summed E-state index contributed by atoms with van der Waals surface area (Å²) in [5.74, 6) is -0.0162. The Morgan fingerprint density at radius 1 is 1.15 bits per heavy atom. The summed E-state index contributed by atoms with van der Waals surface area (Å²) < 4.78 is 0. The van der Waals surface area contributed by atoms with E-state index in [-0.39, 0.29) is 17.2 Å². The second-order valence-corrected chi connectivity index (χ2v) is 7.52. The van der Waals surface area contributed by atoms with Crippen LogP contribution in [0.25, 0.3) is 10.9 Å². The number of aromatic amines is 1. The number of carbonyl (C=O) groups is 2. The summed E-state index contributed by atoms with van der Waals surface area (Å²) in [4.78, 5) is 39.6. The van der Waals surface area contributed by atoms with E-state index in [9.17, 15) is 14.4 Å². The van der Waals surface area contributed by atoms with Gasteiger partial charge in [-0.15, -0.1) is 11.3 Å². The number of hydrogen-bond donors (Lipinski definition) is 2. The molecule has 0 fully saturated rings. The lowest BCUT2D eigenvalue weighted by atomic mass is 10.1. The molecule has 0 saturated carbocycles. The molecular weight excluding hydrogens is 360 g/mol. The van der Waals surface area contributed by atoms with Crippen LogP contribution in [0.3, 0.4) is 0 Å². The number of benzene rings is 1. The van der Waals surface area contributed by atoms with E-state index in [1.165, 1.54) is 11.3 Å². The van der Waals surface area contributed by atoms with Crippen LogP contribution < -0.4 is 10.9 Å². The average molecular weight is 382 g/mol. The van der Waals surface area contributed by atoms with Gasteiger partial charge in [0.15, 0.2) is 5.78 Å². The summed E-state index contributed by atoms with van der Waals surface area (Å²) in [6.45, 7) is 2.38. The summed E-state index contributed by atoms with van der Waals surface area (Å²) in [6, 6.07) is 11.5. The lowest BCUT2D eigenvalue weighted by molar-refractivity contribution is -0.121. The number of carbonyl (C=O) groups excluding carboxylic acids is 2. The van der Waals surface area contributed by atoms with Gasteiger partial charge in [-0.1, -0.05) is 18.2 Å². The molecule has 0 spiro atoms. The van der Waals surface area contributed by atoms with Crippen molar-refractivity contribution in [3.8, 4) is 0 Å². The van der Waals surface area contributed by atoms with Crippen molar-refractivity contribution in [3.63, 3.8) is 0 Å². The van der Waals surface area contributed by atoms with E-state index >= 15 is 0 Å². The van der Waals surface area contributed by atoms with E-state index in [0.29, 0.717) is 37.8 Å². The van der Waals surface area contributed by atoms with Crippen LogP contribution in [0.4, 0.5) is 0 Å². The maximum Gasteiger partial charge on any atom is 0.251 e. The van der Waals surface area contributed by atoms with E-state index in [1.807, 2.05) is 42.6 Å². The maximum absolute atomic E-state index is 12.2. The van der Waals surface area contributed by atoms with Gasteiger partial charge >= 0.3 is 0 Å². The van der Waals surface area contributed by atoms with E-state index < -0.39 is 0 Å². The highest BCUT2D eigenvalue weighted by molar-refractivity contribution is 7.12. The van der Waals surface area contributed by atoms with Crippen LogP contribution in [0.1, 0.15) is 40.1 Å². The molecule has 0 saturated heterocycles. The number of fused-ring (bicyclic) bond motifs is 1. The molecular formula is C21H22N2O3S. The molecule has 3 rings (SSSR count). The highest BCUT2D eigenvalue weighted by atomic mass is 32.1. The zero-order chi connectivity index (χ0) is 19.2. The standard InChI is InChI=1S/C21H22N2O3S/c1-14-7-8-15-13-16(21(26)23-17(15)12-14)9-10-22-20(25)6-2-4-18(24)19-5-3-11-27-19/h3,5,7-8,11-13H,2,4,6,9-10H2,1H3,(H,22,25)(H,23,26). The van der Waals surface area contributed by atoms with Gasteiger partial charge in [-0.2, -0.15) is 0 Å². The molecule has 0 unspecified atom stereocenters. The Balaban J connectivity index is 1.45. The summed E-state index contributed by atoms with van der Waals surface area (Å²) in [7, 11) is 0. The fraction of sp³-hybridized carbons (Fsp3) is 0.286. The van der Waals surface area contributed by atoms with Crippen molar-refractivity contribution in [1.82, 2.24) is 10.3 Å². The van der Waals surface area contributed by atoms with Gasteiger partial charge in [0.25, 0.3) is 5.56 Å². The Hall–Kier alpha value is -2.73. The molecule has 2 aromatic heterocycles. The van der Waals surface area contributed by atoms with E-state index in [1.54, 1.807) is 6.07 Å². The summed E-state index contributed by atoms with van der Waals surface area (Å²) in [5, 5.41) is 5.67. The number of ketones is 1. The zero-order valence-corrected chi connectivity index (χ0v) is 16.0. The fourth-order valence-corrected chi connectivity index (χ4v) is 3.64. The monoisotopic (exact) mass is 382 g/mol. The minimum Gasteiger partial charge on any atom is -0.356 e. The van der Waals surface area contributed by atoms with E-state index in [0.717, 1.165) is 21.3 Å². The van der Waals surface area contributed by atoms with Gasteiger partial charge in [-0.25, -0.2) is 0 Å². The topological polar surface area (TPSA) is 79.0 Å². The van der Waals surface area contributed by atoms with Crippen LogP contribution in [0.15, 0.2) is 46.6 Å². The maximum atomic E-state index is 12.2. The Morgan fingerprint density at radius 3 is 2.78 bits per heavy atom. The molecule has 3 aromatic rings. The Bertz CT molecular complexity index is 1010. The molecule has 2 N–H and O–H groups in total. The third-order valence-electron chi connectivity index (χ3n) is 4.40. The van der Waals surface area contributed by atoms with Gasteiger partial charge in [0.2, 0.25) is 5.91 Å². The van der Waals surface area contributed by atoms with Crippen LogP contribution in [0.5, 0.6) is 0 Å². The SMILES string of the molecule is Cc1ccc2cc(CCNC(=O)CCCC(=O)c3cccs3)c(=O)[nH]c2c1. The molecule has 0 aliphatic heterocycles. The third-order valence-corrected chi connectivity index (χ3v) is 5.31. The molecule has 0 aliphatic carbocycles. The predicted octanol–water partition coefficient (Wildman–Crippen LogP) is 3.61. The number of H-pyrrole nitrogens is 1. The highest BCUT2D eigenvalue weighted by Gasteiger charge is 2.09. The molecule has 0 atom stereocenters. The number of nitrogens with one attached hydrogen (secondary N) is 2. The minimum absolute atomic E-state index is 0.0794. The number of aryl methyl sites for hydroxylation is 1. The summed E-state index contributed by atoms with van der Waals surface area (Å²) in [5.41, 5.74) is 2.45. The molecule has 0 aliphatic rings. The molecule has 2 heterocycles. The lowest BCUT2D eigenvalue weighted by Crippen LogP contribution is -2.27. The highest BCUT2D eigenvalue weighted by Crippen LogP contribution is 2.14. The normalized spacial score (nSPS) is 10.9. The average Bonchev–Trinajstić information content (AvgIpc) is 3.17. The third kappa shape index (κ3) is 5.14. The van der Waals surface area contributed by atoms with Gasteiger partial charge in [-0.3, -0.25) is 14.4 Å². The molecule has 27 heavy (non-hydrogen) atoms. The molecule has 5 nitrogen and oxygen atoms in total. The molecule has 140 valence electrons. The number of pyridine rings is 1. The number of thiophene rings is 1. The van der Waals surface area contributed by atoms with Crippen molar-refractivity contribution in [1.29, 1.82) is 0 Å². The second kappa shape index (κ2) is 8.77. The van der Waals surface area contributed by atoms with Crippen LogP contribution >= 0.6 is 11.3 Å². The molecule has 1 aromatic carbocycles. The van der Waals surface area contributed by atoms with E-state index in [4.69, 9.17) is 0 Å². The second-order valence-electron chi connectivity index (χ2n) is 6.57. The first kappa shape index (κ1) is 19.0. The quantitative estimate of drug-likeness (QED) is 0.584. The fourth-order valence-electron chi connectivity index (χ4n) is 2.94. The molecule has 1 amide bonds. The van der Waals surface area contributed by atoms with Crippen molar-refractivity contribution < 1.29 is 9.59 Å². The number of Topliss-reactive ketones (excluding diaryl/α,β-unsaturated/α-hetero) is 1. The van der Waals surface area contributed by atoms with Gasteiger partial charge in [0.05, 0.1) is 4.88 Å². The first-order valence-corrected chi connectivity index (χ1v) is 9.87. The Kier molecular flexibility index (Phi) is 6.19. The van der Waals surface area contributed by atoms with Crippen molar-refractivity contribution in [2.75, 3.05) is 6.54 Å². The van der Waals surface area contributed by atoms with Gasteiger partial charge in [-0.05, 0) is 54.3 Å². The van der Waals surface area contributed by atoms with Crippen LogP contribution in [-0.4, -0.2) is 23.2 Å². The zero-order valence-electron chi connectivity index (χ0n) is 15.2. The van der Waals surface area contributed by atoms with Gasteiger partial charge in [0.1, 0.15) is 0 Å². The molecule has 0 bridgehead atoms. The first-order valence-electron chi connectivity index (χ1n) is 8.99. The van der Waals surface area contributed by atoms with Crippen LogP contribution in [0, 0.1) is 6.92 Å². The number of amides is 1. The summed E-state index contributed by atoms with van der Waals surface area (Å²) in [6.07, 6.45) is 1.68. The largest absolute Gasteiger partial charge is 0.356 e. The summed E-state index contributed by atoms with van der Waals surface area (Å²) >= 11 is 1.42. The minimum atomic E-state index is -0.121. The first-order chi connectivity index (χ1) is 13.0. The van der Waals surface area contributed by atoms with Crippen LogP contribution in [-0.2, 0) is 11.2 Å². The van der Waals surface area contributed by atoms with Gasteiger partial charge < -0.3 is 10.3 Å². The number of rotatable bonds is 8. The van der Waals surface area contributed by atoms with Crippen molar-refractivity contribution in [2.45, 2.75) is 32.6 Å². The Morgan fingerprint density at radius 2 is 2.00 bits per heavy atom. The number of hydrogen-bond acceptors (Lipinski definition) is 4. The molecule has 6 heteroatoms. The lowest BCUT2D eigenvalue weighted by Gasteiger charge is -2.06. The Labute approximate surface area is 161 Å². The van der Waals surface area contributed by atoms with Crippen molar-refractivity contribution >= 4 is 33.9 Å². The predicted molar refractivity (Wildman–Crippen MR) is 109 cm³/mol. The van der Waals surface area contributed by atoms with Crippen LogP contribution in [0.2, 0.25) is 0 Å². The smallest absolute Gasteiger partial charge is 0.251 e. The number of aromatic nitrogens is 1. The molecule has 0 radical (unpaired) electrons. The van der Waals surface area contributed by atoms with Gasteiger partial charge in [0, 0.05) is 30.5 Å².